The van der Waals surface area contributed by atoms with Crippen LogP contribution in [0.5, 0.6) is 23.5 Å². The van der Waals surface area contributed by atoms with E-state index < -0.39 is 0 Å². The Balaban J connectivity index is 0.000000126. The fourth-order valence-corrected chi connectivity index (χ4v) is 12.8. The summed E-state index contributed by atoms with van der Waals surface area (Å²) in [6.07, 6.45) is 0.880. The molecule has 23 heteroatoms. The first-order valence-electron chi connectivity index (χ1n) is 35.5. The van der Waals surface area contributed by atoms with Crippen LogP contribution in [0.25, 0.3) is 0 Å². The molecule has 4 aromatic heterocycles. The molecule has 16 rings (SSSR count). The van der Waals surface area contributed by atoms with E-state index in [0.29, 0.717) is 142 Å². The highest BCUT2D eigenvalue weighted by Crippen LogP contribution is 2.28. The zero-order valence-corrected chi connectivity index (χ0v) is 59.7. The van der Waals surface area contributed by atoms with Gasteiger partial charge in [0.05, 0.1) is 19.6 Å². The summed E-state index contributed by atoms with van der Waals surface area (Å²) >= 11 is 0. The highest BCUT2D eigenvalue weighted by Gasteiger charge is 2.32. The number of nitrogens with zero attached hydrogens (tertiary/aromatic N) is 12. The van der Waals surface area contributed by atoms with E-state index in [-0.39, 0.29) is 54.2 Å². The van der Waals surface area contributed by atoms with Crippen LogP contribution < -0.4 is 18.9 Å². The van der Waals surface area contributed by atoms with Crippen LogP contribution in [-0.2, 0) is 78.8 Å². The van der Waals surface area contributed by atoms with Crippen molar-refractivity contribution in [3.05, 3.63) is 332 Å². The van der Waals surface area contributed by atoms with Gasteiger partial charge in [-0.05, 0) is 95.5 Å². The Morgan fingerprint density at radius 3 is 1.08 bits per heavy atom. The number of amides is 4. The third-order valence-electron chi connectivity index (χ3n) is 18.7. The normalized spacial score (nSPS) is 13.7. The fraction of sp³-hybridized carbons (Fsp3) is 0.238. The van der Waals surface area contributed by atoms with Gasteiger partial charge in [-0.15, -0.1) is 20.4 Å². The van der Waals surface area contributed by atoms with Gasteiger partial charge in [0.1, 0.15) is 66.7 Å². The Kier molecular flexibility index (Phi) is 23.4. The third kappa shape index (κ3) is 18.5. The highest BCUT2D eigenvalue weighted by atomic mass is 19.1. The summed E-state index contributed by atoms with van der Waals surface area (Å²) in [7, 11) is 0. The van der Waals surface area contributed by atoms with Gasteiger partial charge < -0.3 is 38.5 Å². The highest BCUT2D eigenvalue weighted by molar-refractivity contribution is 5.95. The molecule has 0 spiro atoms. The van der Waals surface area contributed by atoms with E-state index in [1.165, 1.54) is 18.2 Å². The van der Waals surface area contributed by atoms with Crippen LogP contribution in [0.4, 0.5) is 13.2 Å². The summed E-state index contributed by atoms with van der Waals surface area (Å²) in [5, 5.41) is 17.6. The molecule has 0 saturated heterocycles. The zero-order valence-electron chi connectivity index (χ0n) is 59.7. The molecular formula is C84H81F3N12O8. The van der Waals surface area contributed by atoms with Gasteiger partial charge >= 0.3 is 0 Å². The summed E-state index contributed by atoms with van der Waals surface area (Å²) in [6.45, 7) is 13.3. The lowest BCUT2D eigenvalue weighted by molar-refractivity contribution is 0.0674. The molecule has 0 fully saturated rings. The van der Waals surface area contributed by atoms with Crippen LogP contribution in [0.15, 0.2) is 231 Å². The molecule has 12 aromatic rings. The van der Waals surface area contributed by atoms with Crippen LogP contribution in [0.1, 0.15) is 110 Å². The number of hydrogen-bond acceptors (Lipinski definition) is 12. The van der Waals surface area contributed by atoms with Crippen molar-refractivity contribution in [2.45, 2.75) is 106 Å². The van der Waals surface area contributed by atoms with Gasteiger partial charge in [-0.3, -0.25) is 37.9 Å². The number of rotatable bonds is 20. The Bertz CT molecular complexity index is 4910. The smallest absolute Gasteiger partial charge is 0.272 e. The first kappa shape index (κ1) is 72.8. The molecule has 0 radical (unpaired) electrons. The van der Waals surface area contributed by atoms with Crippen molar-refractivity contribution in [3.63, 3.8) is 0 Å². The average molecular weight is 1440 g/mol. The number of ether oxygens (including phenoxy) is 4. The Morgan fingerprint density at radius 2 is 0.673 bits per heavy atom. The minimum atomic E-state index is -0.290. The molecule has 0 saturated carbocycles. The summed E-state index contributed by atoms with van der Waals surface area (Å²) in [6, 6.07) is 71.0. The lowest BCUT2D eigenvalue weighted by atomic mass is 10.1. The minimum absolute atomic E-state index is 0.00779. The van der Waals surface area contributed by atoms with E-state index in [1.807, 2.05) is 183 Å². The topological polar surface area (TPSA) is 189 Å². The molecule has 0 bridgehead atoms. The molecule has 107 heavy (non-hydrogen) atoms. The second-order valence-electron chi connectivity index (χ2n) is 26.4. The molecular weight excluding hydrogens is 1360 g/mol. The van der Waals surface area contributed by atoms with E-state index in [2.05, 4.69) is 20.4 Å². The van der Waals surface area contributed by atoms with Gasteiger partial charge in [-0.1, -0.05) is 188 Å². The Hall–Kier alpha value is -12.5. The molecule has 4 aliphatic rings. The summed E-state index contributed by atoms with van der Waals surface area (Å²) in [5.74, 6) is 0.518. The van der Waals surface area contributed by atoms with E-state index in [0.717, 1.165) is 64.0 Å². The van der Waals surface area contributed by atoms with Crippen LogP contribution in [0, 0.1) is 38.2 Å². The maximum Gasteiger partial charge on any atom is 0.272 e. The van der Waals surface area contributed by atoms with Gasteiger partial charge in [0, 0.05) is 94.3 Å². The van der Waals surface area contributed by atoms with Gasteiger partial charge in [-0.25, -0.2) is 13.2 Å². The Labute approximate surface area is 618 Å². The molecule has 4 aliphatic heterocycles. The first-order chi connectivity index (χ1) is 52.1. The molecule has 8 heterocycles. The van der Waals surface area contributed by atoms with Crippen molar-refractivity contribution in [1.82, 2.24) is 58.7 Å². The van der Waals surface area contributed by atoms with Crippen molar-refractivity contribution >= 4 is 23.6 Å². The van der Waals surface area contributed by atoms with Gasteiger partial charge in [0.2, 0.25) is 23.5 Å². The maximum atomic E-state index is 14.3. The van der Waals surface area contributed by atoms with Crippen LogP contribution >= 0.6 is 0 Å². The molecule has 4 amide bonds. The van der Waals surface area contributed by atoms with E-state index in [4.69, 9.17) is 18.9 Å². The fourth-order valence-electron chi connectivity index (χ4n) is 12.8. The van der Waals surface area contributed by atoms with Crippen molar-refractivity contribution in [2.24, 2.45) is 0 Å². The van der Waals surface area contributed by atoms with Crippen molar-refractivity contribution < 1.29 is 51.3 Å². The molecule has 546 valence electrons. The number of hydrogen-bond donors (Lipinski definition) is 0. The van der Waals surface area contributed by atoms with Gasteiger partial charge in [0.15, 0.2) is 0 Å². The monoisotopic (exact) mass is 1440 g/mol. The predicted octanol–water partition coefficient (Wildman–Crippen LogP) is 14.2. The van der Waals surface area contributed by atoms with Crippen molar-refractivity contribution in [3.8, 4) is 23.5 Å². The Morgan fingerprint density at radius 1 is 0.318 bits per heavy atom. The molecule has 0 atom stereocenters. The molecule has 20 nitrogen and oxygen atoms in total. The van der Waals surface area contributed by atoms with Crippen LogP contribution in [-0.4, -0.2) is 109 Å². The standard InChI is InChI=1S/3C21H20FN3O2.C21H21N3O2/c1-15-6-5-9-18(22)17(15)13-24-10-11-25-19(21(24)26)12-20(23-25)27-14-16-7-3-2-4-8-16;1-15-6-5-9-17(20(15)22)13-24-10-11-25-18(21(24)26)12-19(23-25)27-14-16-7-3-2-4-8-16;1-15-7-8-18(22)11-17(15)13-24-9-10-25-19(21(24)26)12-20(23-25)27-14-16-5-3-2-4-6-16;25-21-19-14-20(26-16-18-10-5-2-6-11-18)22-24(19)13-7-12-23(21)15-17-8-3-1-4-9-17/h2*2-9,12H,10-11,13-14H2,1H3;2-8,11-12H,9-10,13-14H2,1H3;1-6,8-11,14H,7,12-13,15-16H2. The second-order valence-corrected chi connectivity index (χ2v) is 26.4. The number of aryl methyl sites for hydroxylation is 4. The van der Waals surface area contributed by atoms with E-state index in [1.54, 1.807) is 88.9 Å². The molecule has 8 aromatic carbocycles. The SMILES string of the molecule is Cc1ccc(F)cc1CN1CCn2nc(OCc3ccccc3)cc2C1=O.Cc1cccc(CN2CCn3nc(OCc4ccccc4)cc3C2=O)c1F.Cc1cccc(F)c1CN1CCn2nc(OCc3ccccc3)cc2C1=O.O=C1c2cc(OCc3ccccc3)nn2CCCN1Cc1ccccc1. The van der Waals surface area contributed by atoms with E-state index >= 15 is 0 Å². The van der Waals surface area contributed by atoms with Crippen molar-refractivity contribution in [2.75, 3.05) is 26.2 Å². The van der Waals surface area contributed by atoms with Crippen LogP contribution in [0.3, 0.4) is 0 Å². The summed E-state index contributed by atoms with van der Waals surface area (Å²) in [5.41, 5.74) is 11.6. The number of carbonyl (C=O) groups excluding carboxylic acids is 4. The van der Waals surface area contributed by atoms with E-state index in [9.17, 15) is 32.3 Å². The quantitative estimate of drug-likeness (QED) is 0.0703. The van der Waals surface area contributed by atoms with Gasteiger partial charge in [-0.2, -0.15) is 0 Å². The third-order valence-corrected chi connectivity index (χ3v) is 18.7. The molecule has 0 aliphatic carbocycles. The number of aromatic nitrogens is 8. The maximum absolute atomic E-state index is 14.3. The lowest BCUT2D eigenvalue weighted by Crippen LogP contribution is -2.40. The largest absolute Gasteiger partial charge is 0.472 e. The average Bonchev–Trinajstić information content (AvgIpc) is 1.73. The second kappa shape index (κ2) is 34.4. The number of halogens is 3. The zero-order chi connectivity index (χ0) is 74.2. The number of carbonyl (C=O) groups is 4. The first-order valence-corrected chi connectivity index (χ1v) is 35.5. The number of fused-ring (bicyclic) bond motifs is 4. The molecule has 0 unspecified atom stereocenters. The predicted molar refractivity (Wildman–Crippen MR) is 395 cm³/mol. The summed E-state index contributed by atoms with van der Waals surface area (Å²) in [4.78, 5) is 58.3. The van der Waals surface area contributed by atoms with Crippen molar-refractivity contribution in [1.29, 1.82) is 0 Å². The minimum Gasteiger partial charge on any atom is -0.472 e. The number of benzene rings is 8. The molecule has 0 N–H and O–H groups in total. The van der Waals surface area contributed by atoms with Crippen LogP contribution in [0.2, 0.25) is 0 Å². The summed E-state index contributed by atoms with van der Waals surface area (Å²) < 4.78 is 71.6. The lowest BCUT2D eigenvalue weighted by Gasteiger charge is -2.28. The van der Waals surface area contributed by atoms with Gasteiger partial charge in [0.25, 0.3) is 23.6 Å².